The molecule has 1 spiro atoms. The first-order valence-electron chi connectivity index (χ1n) is 12.4. The Bertz CT molecular complexity index is 1200. The molecule has 1 aliphatic carbocycles. The van der Waals surface area contributed by atoms with E-state index in [1.807, 2.05) is 6.07 Å². The zero-order valence-corrected chi connectivity index (χ0v) is 20.6. The normalized spacial score (nSPS) is 21.4. The van der Waals surface area contributed by atoms with Gasteiger partial charge in [0.05, 0.1) is 17.8 Å². The van der Waals surface area contributed by atoms with E-state index >= 15 is 0 Å². The molecule has 2 heterocycles. The van der Waals surface area contributed by atoms with Crippen molar-refractivity contribution in [2.75, 3.05) is 20.2 Å². The average Bonchev–Trinajstić information content (AvgIpc) is 3.42. The minimum atomic E-state index is -0.422. The van der Waals surface area contributed by atoms with Crippen LogP contribution < -0.4 is 5.32 Å². The number of aromatic nitrogens is 2. The zero-order valence-electron chi connectivity index (χ0n) is 20.6. The molecule has 0 radical (unpaired) electrons. The molecule has 1 fully saturated rings. The molecule has 3 aromatic rings. The van der Waals surface area contributed by atoms with Crippen molar-refractivity contribution in [3.8, 4) is 0 Å². The van der Waals surface area contributed by atoms with Crippen molar-refractivity contribution < 1.29 is 13.9 Å². The van der Waals surface area contributed by atoms with E-state index in [1.54, 1.807) is 19.2 Å². The second kappa shape index (κ2) is 9.55. The summed E-state index contributed by atoms with van der Waals surface area (Å²) in [5, 5.41) is 10.8. The predicted octanol–water partition coefficient (Wildman–Crippen LogP) is 4.71. The Balaban J connectivity index is 1.36. The maximum atomic E-state index is 13.7. The van der Waals surface area contributed by atoms with Crippen LogP contribution in [0.1, 0.15) is 71.5 Å². The van der Waals surface area contributed by atoms with Gasteiger partial charge in [-0.15, -0.1) is 0 Å². The Morgan fingerprint density at radius 1 is 1.20 bits per heavy atom. The lowest BCUT2D eigenvalue weighted by Crippen LogP contribution is -2.50. The lowest BCUT2D eigenvalue weighted by molar-refractivity contribution is -0.0123. The SMILES string of the molecule is CO[C@H]1[C@H](NC(=O)c2cccc(F)c2)c2ccccc2C12CCN(Cc1cc(C(C)C)n[nH]1)CC2. The monoisotopic (exact) mass is 476 g/mol. The van der Waals surface area contributed by atoms with E-state index < -0.39 is 5.82 Å². The summed E-state index contributed by atoms with van der Waals surface area (Å²) in [6, 6.07) is 16.0. The summed E-state index contributed by atoms with van der Waals surface area (Å²) < 4.78 is 19.8. The molecule has 0 saturated carbocycles. The fourth-order valence-corrected chi connectivity index (χ4v) is 5.89. The number of H-pyrrole nitrogens is 1. The minimum absolute atomic E-state index is 0.182. The molecule has 6 nitrogen and oxygen atoms in total. The predicted molar refractivity (Wildman–Crippen MR) is 133 cm³/mol. The van der Waals surface area contributed by atoms with Gasteiger partial charge in [0.1, 0.15) is 5.82 Å². The van der Waals surface area contributed by atoms with E-state index in [0.29, 0.717) is 11.5 Å². The van der Waals surface area contributed by atoms with Gasteiger partial charge in [0, 0.05) is 30.3 Å². The van der Waals surface area contributed by atoms with Crippen molar-refractivity contribution in [3.63, 3.8) is 0 Å². The van der Waals surface area contributed by atoms with Gasteiger partial charge >= 0.3 is 0 Å². The van der Waals surface area contributed by atoms with Crippen LogP contribution in [0.3, 0.4) is 0 Å². The van der Waals surface area contributed by atoms with E-state index in [4.69, 9.17) is 4.74 Å². The van der Waals surface area contributed by atoms with Gasteiger partial charge in [-0.2, -0.15) is 5.10 Å². The van der Waals surface area contributed by atoms with E-state index in [1.165, 1.54) is 17.7 Å². The van der Waals surface area contributed by atoms with Gasteiger partial charge in [-0.05, 0) is 67.2 Å². The summed E-state index contributed by atoms with van der Waals surface area (Å²) in [4.78, 5) is 15.5. The highest BCUT2D eigenvalue weighted by molar-refractivity contribution is 5.94. The Morgan fingerprint density at radius 3 is 2.66 bits per heavy atom. The topological polar surface area (TPSA) is 70.2 Å². The van der Waals surface area contributed by atoms with E-state index in [2.05, 4.69) is 58.5 Å². The number of rotatable bonds is 6. The molecule has 1 aromatic heterocycles. The van der Waals surface area contributed by atoms with Crippen LogP contribution in [0.4, 0.5) is 4.39 Å². The van der Waals surface area contributed by atoms with Crippen LogP contribution in [0.2, 0.25) is 0 Å². The molecular formula is C28H33FN4O2. The van der Waals surface area contributed by atoms with Gasteiger partial charge in [-0.1, -0.05) is 44.2 Å². The van der Waals surface area contributed by atoms with Crippen molar-refractivity contribution in [1.29, 1.82) is 0 Å². The van der Waals surface area contributed by atoms with Crippen molar-refractivity contribution in [2.24, 2.45) is 0 Å². The molecule has 2 aliphatic rings. The molecular weight excluding hydrogens is 443 g/mol. The van der Waals surface area contributed by atoms with Crippen LogP contribution >= 0.6 is 0 Å². The lowest BCUT2D eigenvalue weighted by atomic mass is 9.72. The molecule has 0 bridgehead atoms. The van der Waals surface area contributed by atoms with Crippen molar-refractivity contribution in [1.82, 2.24) is 20.4 Å². The number of halogens is 1. The van der Waals surface area contributed by atoms with Gasteiger partial charge in [-0.25, -0.2) is 4.39 Å². The number of nitrogens with one attached hydrogen (secondary N) is 2. The number of carbonyl (C=O) groups is 1. The summed E-state index contributed by atoms with van der Waals surface area (Å²) in [5.41, 5.74) is 4.70. The molecule has 2 atom stereocenters. The first-order valence-corrected chi connectivity index (χ1v) is 12.4. The molecule has 184 valence electrons. The molecule has 0 unspecified atom stereocenters. The highest BCUT2D eigenvalue weighted by Crippen LogP contribution is 2.52. The highest BCUT2D eigenvalue weighted by Gasteiger charge is 2.54. The molecule has 7 heteroatoms. The van der Waals surface area contributed by atoms with Crippen LogP contribution in [0.15, 0.2) is 54.6 Å². The van der Waals surface area contributed by atoms with Crippen molar-refractivity contribution in [3.05, 3.63) is 88.5 Å². The van der Waals surface area contributed by atoms with Crippen LogP contribution in [0.5, 0.6) is 0 Å². The molecule has 1 aliphatic heterocycles. The molecule has 5 rings (SSSR count). The number of benzene rings is 2. The quantitative estimate of drug-likeness (QED) is 0.541. The number of methoxy groups -OCH3 is 1. The third-order valence-electron chi connectivity index (χ3n) is 7.69. The van der Waals surface area contributed by atoms with E-state index in [0.717, 1.165) is 49.4 Å². The zero-order chi connectivity index (χ0) is 24.6. The number of fused-ring (bicyclic) bond motifs is 2. The summed E-state index contributed by atoms with van der Waals surface area (Å²) in [6.07, 6.45) is 1.67. The molecule has 2 aromatic carbocycles. The third-order valence-corrected chi connectivity index (χ3v) is 7.69. The second-order valence-corrected chi connectivity index (χ2v) is 10.1. The van der Waals surface area contributed by atoms with Crippen molar-refractivity contribution >= 4 is 5.91 Å². The van der Waals surface area contributed by atoms with Gasteiger partial charge in [-0.3, -0.25) is 14.8 Å². The van der Waals surface area contributed by atoms with Crippen LogP contribution in [-0.4, -0.2) is 47.3 Å². The molecule has 35 heavy (non-hydrogen) atoms. The number of piperidine rings is 1. The van der Waals surface area contributed by atoms with Crippen LogP contribution in [0, 0.1) is 5.82 Å². The fourth-order valence-electron chi connectivity index (χ4n) is 5.89. The lowest BCUT2D eigenvalue weighted by Gasteiger charge is -2.44. The third kappa shape index (κ3) is 4.39. The number of nitrogens with zero attached hydrogens (tertiary/aromatic N) is 2. The maximum absolute atomic E-state index is 13.7. The largest absolute Gasteiger partial charge is 0.378 e. The number of hydrogen-bond donors (Lipinski definition) is 2. The summed E-state index contributed by atoms with van der Waals surface area (Å²) in [7, 11) is 1.73. The van der Waals surface area contributed by atoms with E-state index in [9.17, 15) is 9.18 Å². The summed E-state index contributed by atoms with van der Waals surface area (Å²) in [5.74, 6) is -0.308. The summed E-state index contributed by atoms with van der Waals surface area (Å²) >= 11 is 0. The molecule has 2 N–H and O–H groups in total. The Hall–Kier alpha value is -3.03. The number of ether oxygens (including phenoxy) is 1. The number of carbonyl (C=O) groups excluding carboxylic acids is 1. The maximum Gasteiger partial charge on any atom is 0.251 e. The number of amides is 1. The smallest absolute Gasteiger partial charge is 0.251 e. The molecule has 1 saturated heterocycles. The number of aromatic amines is 1. The van der Waals surface area contributed by atoms with E-state index in [-0.39, 0.29) is 23.5 Å². The van der Waals surface area contributed by atoms with Gasteiger partial charge in [0.25, 0.3) is 5.91 Å². The van der Waals surface area contributed by atoms with Crippen molar-refractivity contribution in [2.45, 2.75) is 56.7 Å². The minimum Gasteiger partial charge on any atom is -0.378 e. The van der Waals surface area contributed by atoms with Gasteiger partial charge in [0.2, 0.25) is 0 Å². The molecule has 1 amide bonds. The average molecular weight is 477 g/mol. The van der Waals surface area contributed by atoms with Gasteiger partial charge < -0.3 is 10.1 Å². The van der Waals surface area contributed by atoms with Gasteiger partial charge in [0.15, 0.2) is 0 Å². The Kier molecular flexibility index (Phi) is 6.47. The van der Waals surface area contributed by atoms with Crippen LogP contribution in [0.25, 0.3) is 0 Å². The Morgan fingerprint density at radius 2 is 1.97 bits per heavy atom. The van der Waals surface area contributed by atoms with Crippen LogP contribution in [-0.2, 0) is 16.7 Å². The Labute approximate surface area is 205 Å². The first-order chi connectivity index (χ1) is 16.9. The first kappa shape index (κ1) is 23.7. The summed E-state index contributed by atoms with van der Waals surface area (Å²) in [6.45, 7) is 6.99. The number of hydrogen-bond acceptors (Lipinski definition) is 4. The highest BCUT2D eigenvalue weighted by atomic mass is 19.1. The second-order valence-electron chi connectivity index (χ2n) is 10.1. The standard InChI is InChI=1S/C28H33FN4O2/c1-18(2)24-16-21(31-32-24)17-33-13-11-28(12-14-33)23-10-5-4-9-22(23)25(26(28)35-3)30-27(34)19-7-6-8-20(29)15-19/h4-10,15-16,18,25-26H,11-14,17H2,1-3H3,(H,30,34)(H,31,32)/t25-,26+/m1/s1. The fraction of sp³-hybridized carbons (Fsp3) is 0.429. The number of likely N-dealkylation sites (tertiary alicyclic amines) is 1.